The number of alkyl halides is 2. The first kappa shape index (κ1) is 41.9. The van der Waals surface area contributed by atoms with E-state index in [0.29, 0.717) is 53.3 Å². The van der Waals surface area contributed by atoms with Crippen molar-refractivity contribution in [2.24, 2.45) is 12.5 Å². The van der Waals surface area contributed by atoms with Crippen LogP contribution in [0.25, 0.3) is 16.5 Å². The van der Waals surface area contributed by atoms with Crippen molar-refractivity contribution in [2.75, 3.05) is 37.6 Å². The molecule has 0 radical (unpaired) electrons. The summed E-state index contributed by atoms with van der Waals surface area (Å²) in [5, 5.41) is 23.9. The molecule has 2 aliphatic carbocycles. The molecule has 294 valence electrons. The number of amidine groups is 1. The number of carboxylic acid groups (broad SMARTS) is 1. The fraction of sp³-hybridized carbons (Fsp3) is 0.537. The molecule has 1 amide bonds. The second-order valence-corrected chi connectivity index (χ2v) is 15.5. The number of halogens is 2. The Hall–Kier alpha value is -3.72. The average Bonchev–Trinajstić information content (AvgIpc) is 3.63. The van der Waals surface area contributed by atoms with E-state index in [-0.39, 0.29) is 65.1 Å². The number of carboxylic acids is 1. The Morgan fingerprint density at radius 2 is 1.79 bits per heavy atom. The van der Waals surface area contributed by atoms with Crippen molar-refractivity contribution in [2.45, 2.75) is 96.1 Å². The van der Waals surface area contributed by atoms with Crippen LogP contribution in [0, 0.1) is 17.9 Å². The van der Waals surface area contributed by atoms with Crippen LogP contribution < -0.4 is 39.2 Å². The van der Waals surface area contributed by atoms with Gasteiger partial charge in [0.25, 0.3) is 6.43 Å². The van der Waals surface area contributed by atoms with E-state index in [1.54, 1.807) is 40.0 Å². The molecule has 15 heteroatoms. The molecule has 0 unspecified atom stereocenters. The SMILES string of the molecule is CC(=O)N1CC[C-]=C(C(=[N-])N2CCCc3cc(-c4cnn(C)c4)c(C(F)F)cc32)C1.O=C(O)c1cnc(OC2CC3(CCN(C4CC[CH-]CC4)CC3)C2)nc1.[Na+]. The average molecular weight is 779 g/mol. The summed E-state index contributed by atoms with van der Waals surface area (Å²) in [6.07, 6.45) is 21.0. The zero-order valence-corrected chi connectivity index (χ0v) is 34.6. The Kier molecular flexibility index (Phi) is 13.7. The number of anilines is 1. The molecule has 1 aromatic carbocycles. The summed E-state index contributed by atoms with van der Waals surface area (Å²) in [6.45, 7) is 5.28. The molecule has 12 nitrogen and oxygen atoms in total. The largest absolute Gasteiger partial charge is 1.00 e. The van der Waals surface area contributed by atoms with Crippen molar-refractivity contribution < 1.29 is 57.8 Å². The number of rotatable bonds is 7. The standard InChI is InChI=1S/C22H23F2N5O.C19H26N3O3.Na/c1-14(30)28-7-3-6-16(13-28)22(25)29-8-4-5-15-9-18(17-11-26-27(2)12-17)19(21(23)24)10-20(15)29;23-17(24)14-12-20-18(21-13-14)25-16-10-19(11-16)6-8-22(9-7-19)15-4-2-1-3-5-15;/h9-12,21H,3-5,7-8,13H2,1-2H3;1,12-13,15-16H,2-11H2,(H,23,24);/q-2;-1;+1. The molecule has 3 aromatic rings. The number of carbonyl (C=O) groups excluding carboxylic acids is 1. The van der Waals surface area contributed by atoms with Crippen LogP contribution >= 0.6 is 0 Å². The molecule has 1 N–H and O–H groups in total. The minimum absolute atomic E-state index is 0. The normalized spacial score (nSPS) is 19.9. The zero-order chi connectivity index (χ0) is 38.7. The number of aromatic nitrogens is 4. The predicted molar refractivity (Wildman–Crippen MR) is 204 cm³/mol. The second-order valence-electron chi connectivity index (χ2n) is 15.5. The molecule has 5 aliphatic rings. The van der Waals surface area contributed by atoms with E-state index in [1.807, 2.05) is 0 Å². The van der Waals surface area contributed by atoms with E-state index in [0.717, 1.165) is 37.3 Å². The van der Waals surface area contributed by atoms with Crippen molar-refractivity contribution in [3.05, 3.63) is 77.1 Å². The molecule has 0 bridgehead atoms. The van der Waals surface area contributed by atoms with Gasteiger partial charge in [0.15, 0.2) is 0 Å². The maximum Gasteiger partial charge on any atom is 1.00 e. The Bertz CT molecular complexity index is 1900. The van der Waals surface area contributed by atoms with Crippen LogP contribution in [0.5, 0.6) is 6.01 Å². The van der Waals surface area contributed by atoms with Gasteiger partial charge in [0.1, 0.15) is 6.10 Å². The molecular weight excluding hydrogens is 729 g/mol. The van der Waals surface area contributed by atoms with Crippen LogP contribution in [0.3, 0.4) is 0 Å². The van der Waals surface area contributed by atoms with Crippen molar-refractivity contribution >= 4 is 23.4 Å². The van der Waals surface area contributed by atoms with Gasteiger partial charge in [-0.1, -0.05) is 50.0 Å². The van der Waals surface area contributed by atoms with Crippen LogP contribution in [0.1, 0.15) is 99.0 Å². The van der Waals surface area contributed by atoms with E-state index < -0.39 is 12.4 Å². The molecule has 5 heterocycles. The number of nitrogens with zero attached hydrogens (tertiary/aromatic N) is 8. The summed E-state index contributed by atoms with van der Waals surface area (Å²) >= 11 is 0. The first-order chi connectivity index (χ1) is 26.5. The van der Waals surface area contributed by atoms with E-state index in [9.17, 15) is 23.8 Å². The predicted octanol–water partition coefficient (Wildman–Crippen LogP) is 3.68. The first-order valence-corrected chi connectivity index (χ1v) is 19.4. The van der Waals surface area contributed by atoms with E-state index >= 15 is 0 Å². The van der Waals surface area contributed by atoms with Crippen molar-refractivity contribution in [1.82, 2.24) is 29.5 Å². The maximum atomic E-state index is 13.9. The van der Waals surface area contributed by atoms with Crippen molar-refractivity contribution in [3.63, 3.8) is 0 Å². The summed E-state index contributed by atoms with van der Waals surface area (Å²) in [5.74, 6) is -1.10. The minimum atomic E-state index is -2.66. The van der Waals surface area contributed by atoms with Crippen LogP contribution in [-0.4, -0.2) is 97.2 Å². The monoisotopic (exact) mass is 778 g/mol. The summed E-state index contributed by atoms with van der Waals surface area (Å²) in [4.78, 5) is 36.6. The molecule has 1 saturated heterocycles. The van der Waals surface area contributed by atoms with Gasteiger partial charge in [-0.25, -0.2) is 35.0 Å². The molecule has 2 saturated carbocycles. The van der Waals surface area contributed by atoms with Gasteiger partial charge in [-0.2, -0.15) is 17.9 Å². The van der Waals surface area contributed by atoms with Gasteiger partial charge in [-0.15, -0.1) is 0 Å². The van der Waals surface area contributed by atoms with Crippen LogP contribution in [0.15, 0.2) is 42.5 Å². The molecule has 8 rings (SSSR count). The minimum Gasteiger partial charge on any atom is -0.577 e. The third-order valence-electron chi connectivity index (χ3n) is 11.9. The number of likely N-dealkylation sites (tertiary alicyclic amines) is 1. The molecule has 0 atom stereocenters. The summed E-state index contributed by atoms with van der Waals surface area (Å²) in [7, 11) is 1.75. The molecule has 2 aromatic heterocycles. The molecule has 3 fully saturated rings. The van der Waals surface area contributed by atoms with Crippen molar-refractivity contribution in [3.8, 4) is 17.1 Å². The number of aryl methyl sites for hydroxylation is 2. The number of hydrogen-bond acceptors (Lipinski definition) is 7. The summed E-state index contributed by atoms with van der Waals surface area (Å²) in [5.41, 5.74) is 3.55. The summed E-state index contributed by atoms with van der Waals surface area (Å²) < 4.78 is 35.3. The van der Waals surface area contributed by atoms with Gasteiger partial charge in [-0.05, 0) is 61.7 Å². The van der Waals surface area contributed by atoms with Crippen LogP contribution in [-0.2, 0) is 18.3 Å². The molecular formula is C41H49F2N8NaO4-2. The van der Waals surface area contributed by atoms with Gasteiger partial charge in [-0.3, -0.25) is 15.6 Å². The maximum absolute atomic E-state index is 13.9. The Morgan fingerprint density at radius 1 is 1.07 bits per heavy atom. The van der Waals surface area contributed by atoms with Gasteiger partial charge in [0.2, 0.25) is 5.91 Å². The second kappa shape index (κ2) is 18.3. The number of benzene rings is 1. The Labute approximate surface area is 349 Å². The van der Waals surface area contributed by atoms with Crippen LogP contribution in [0.4, 0.5) is 14.5 Å². The molecule has 3 aliphatic heterocycles. The number of hydrogen-bond donors (Lipinski definition) is 1. The number of piperidine rings is 1. The third kappa shape index (κ3) is 9.52. The van der Waals surface area contributed by atoms with Crippen LogP contribution in [0.2, 0.25) is 0 Å². The zero-order valence-electron chi connectivity index (χ0n) is 32.6. The number of amides is 1. The summed E-state index contributed by atoms with van der Waals surface area (Å²) in [6, 6.07) is 4.36. The number of fused-ring (bicyclic) bond motifs is 1. The number of aromatic carboxylic acids is 1. The quantitative estimate of drug-likeness (QED) is 0.165. The number of carbonyl (C=O) groups is 2. The topological polar surface area (TPSA) is 139 Å². The third-order valence-corrected chi connectivity index (χ3v) is 11.9. The van der Waals surface area contributed by atoms with E-state index in [4.69, 9.17) is 9.84 Å². The number of ether oxygens (including phenoxy) is 1. The van der Waals surface area contributed by atoms with Gasteiger partial charge < -0.3 is 36.4 Å². The Morgan fingerprint density at radius 3 is 2.41 bits per heavy atom. The fourth-order valence-electron chi connectivity index (χ4n) is 8.78. The van der Waals surface area contributed by atoms with Crippen molar-refractivity contribution in [1.29, 1.82) is 0 Å². The van der Waals surface area contributed by atoms with Gasteiger partial charge in [0, 0.05) is 62.8 Å². The van der Waals surface area contributed by atoms with E-state index in [2.05, 4.69) is 32.5 Å². The smallest absolute Gasteiger partial charge is 0.577 e. The fourth-order valence-corrected chi connectivity index (χ4v) is 8.78. The molecule has 1 spiro atoms. The molecule has 56 heavy (non-hydrogen) atoms. The Balaban J connectivity index is 0.000000189. The van der Waals surface area contributed by atoms with Gasteiger partial charge in [0.05, 0.1) is 11.8 Å². The first-order valence-electron chi connectivity index (χ1n) is 19.4. The van der Waals surface area contributed by atoms with Gasteiger partial charge >= 0.3 is 41.5 Å². The van der Waals surface area contributed by atoms with E-state index in [1.165, 1.54) is 77.0 Å².